The zero-order valence-corrected chi connectivity index (χ0v) is 11.1. The molecule has 1 aromatic rings. The van der Waals surface area contributed by atoms with Crippen LogP contribution in [0, 0.1) is 5.41 Å². The molecule has 1 rings (SSSR count). The van der Waals surface area contributed by atoms with E-state index in [1.807, 2.05) is 18.2 Å². The molecule has 0 spiro atoms. The van der Waals surface area contributed by atoms with Gasteiger partial charge in [0.15, 0.2) is 0 Å². The summed E-state index contributed by atoms with van der Waals surface area (Å²) in [6.07, 6.45) is 3.05. The average Bonchev–Trinajstić information content (AvgIpc) is 2.16. The van der Waals surface area contributed by atoms with Gasteiger partial charge in [0.25, 0.3) is 0 Å². The van der Waals surface area contributed by atoms with Crippen LogP contribution in [-0.4, -0.2) is 21.2 Å². The fourth-order valence-electron chi connectivity index (χ4n) is 1.14. The quantitative estimate of drug-likeness (QED) is 0.466. The Bertz CT molecular complexity index is 347. The van der Waals surface area contributed by atoms with Gasteiger partial charge in [0, 0.05) is 0 Å². The molecule has 0 saturated carbocycles. The Labute approximate surface area is 97.7 Å². The minimum absolute atomic E-state index is 0.0762. The van der Waals surface area contributed by atoms with Crippen molar-refractivity contribution in [2.45, 2.75) is 20.8 Å². The van der Waals surface area contributed by atoms with Gasteiger partial charge in [-0.3, -0.25) is 0 Å². The molecular weight excluding hydrogens is 251 g/mol. The summed E-state index contributed by atoms with van der Waals surface area (Å²) < 4.78 is 2.16. The van der Waals surface area contributed by atoms with Crippen molar-refractivity contribution in [2.75, 3.05) is 0 Å². The molecule has 0 saturated heterocycles. The van der Waals surface area contributed by atoms with Crippen LogP contribution in [0.5, 0.6) is 0 Å². The topological polar surface area (TPSA) is 17.1 Å². The normalized spacial score (nSPS) is 12.6. The molecule has 0 atom stereocenters. The number of aldehydes is 1. The summed E-state index contributed by atoms with van der Waals surface area (Å²) in [6.45, 7) is 6.33. The van der Waals surface area contributed by atoms with E-state index in [1.54, 1.807) is 0 Å². The summed E-state index contributed by atoms with van der Waals surface area (Å²) in [5, 5.41) is 0. The standard InChI is InChI=1S/C13H16OSe/c1-13(2,3)9-12(10-14)15-11-7-5-4-6-8-11/h4-10H,1-3H3/b12-9+. The molecule has 0 aliphatic carbocycles. The maximum absolute atomic E-state index is 10.9. The third kappa shape index (κ3) is 4.96. The predicted octanol–water partition coefficient (Wildman–Crippen LogP) is 2.15. The van der Waals surface area contributed by atoms with Crippen LogP contribution in [0.1, 0.15) is 20.8 Å². The second-order valence-corrected chi connectivity index (χ2v) is 6.85. The van der Waals surface area contributed by atoms with Crippen molar-refractivity contribution in [3.63, 3.8) is 0 Å². The third-order valence-electron chi connectivity index (χ3n) is 1.67. The molecular formula is C13H16OSe. The summed E-state index contributed by atoms with van der Waals surface area (Å²) in [7, 11) is 0. The number of rotatable bonds is 3. The first-order valence-electron chi connectivity index (χ1n) is 4.92. The van der Waals surface area contributed by atoms with Gasteiger partial charge in [-0.15, -0.1) is 0 Å². The molecule has 1 nitrogen and oxygen atoms in total. The molecule has 1 aromatic carbocycles. The molecule has 2 heteroatoms. The van der Waals surface area contributed by atoms with E-state index in [2.05, 4.69) is 39.0 Å². The Kier molecular flexibility index (Phi) is 4.31. The summed E-state index contributed by atoms with van der Waals surface area (Å²) in [6, 6.07) is 10.2. The molecule has 0 bridgehead atoms. The van der Waals surface area contributed by atoms with Crippen molar-refractivity contribution in [1.29, 1.82) is 0 Å². The van der Waals surface area contributed by atoms with Gasteiger partial charge in [-0.2, -0.15) is 0 Å². The van der Waals surface area contributed by atoms with Crippen LogP contribution < -0.4 is 4.46 Å². The molecule has 0 aliphatic rings. The Hall–Kier alpha value is -0.851. The van der Waals surface area contributed by atoms with Crippen LogP contribution in [0.2, 0.25) is 0 Å². The number of carbonyl (C=O) groups is 1. The summed E-state index contributed by atoms with van der Waals surface area (Å²) in [5.74, 6) is 0. The molecule has 0 N–H and O–H groups in total. The number of allylic oxidation sites excluding steroid dienone is 2. The fraction of sp³-hybridized carbons (Fsp3) is 0.308. The first kappa shape index (κ1) is 12.2. The first-order chi connectivity index (χ1) is 7.01. The van der Waals surface area contributed by atoms with Gasteiger partial charge in [-0.1, -0.05) is 0 Å². The van der Waals surface area contributed by atoms with Crippen LogP contribution >= 0.6 is 0 Å². The summed E-state index contributed by atoms with van der Waals surface area (Å²) in [5.41, 5.74) is 0.0762. The number of hydrogen-bond acceptors (Lipinski definition) is 1. The molecule has 80 valence electrons. The maximum atomic E-state index is 10.9. The molecule has 0 aromatic heterocycles. The van der Waals surface area contributed by atoms with Crippen molar-refractivity contribution in [3.8, 4) is 0 Å². The monoisotopic (exact) mass is 268 g/mol. The Morgan fingerprint density at radius 2 is 1.80 bits per heavy atom. The second kappa shape index (κ2) is 5.29. The van der Waals surface area contributed by atoms with Crippen LogP contribution in [0.3, 0.4) is 0 Å². The van der Waals surface area contributed by atoms with Crippen molar-refractivity contribution in [1.82, 2.24) is 0 Å². The summed E-state index contributed by atoms with van der Waals surface area (Å²) >= 11 is 0.135. The van der Waals surface area contributed by atoms with Gasteiger partial charge in [0.1, 0.15) is 0 Å². The van der Waals surface area contributed by atoms with E-state index in [4.69, 9.17) is 0 Å². The van der Waals surface area contributed by atoms with Crippen LogP contribution in [-0.2, 0) is 4.79 Å². The predicted molar refractivity (Wildman–Crippen MR) is 65.4 cm³/mol. The zero-order chi connectivity index (χ0) is 11.3. The summed E-state index contributed by atoms with van der Waals surface area (Å²) in [4.78, 5) is 10.9. The van der Waals surface area contributed by atoms with E-state index < -0.39 is 0 Å². The molecule has 15 heavy (non-hydrogen) atoms. The van der Waals surface area contributed by atoms with E-state index in [1.165, 1.54) is 4.46 Å². The van der Waals surface area contributed by atoms with E-state index in [9.17, 15) is 4.79 Å². The van der Waals surface area contributed by atoms with Crippen LogP contribution in [0.25, 0.3) is 0 Å². The number of carbonyl (C=O) groups excluding carboxylic acids is 1. The Balaban J connectivity index is 2.79. The molecule has 0 unspecified atom stereocenters. The van der Waals surface area contributed by atoms with Crippen molar-refractivity contribution < 1.29 is 4.79 Å². The number of benzene rings is 1. The molecule has 0 amide bonds. The minimum atomic E-state index is 0.0762. The fourth-order valence-corrected chi connectivity index (χ4v) is 3.29. The average molecular weight is 267 g/mol. The van der Waals surface area contributed by atoms with Crippen LogP contribution in [0.15, 0.2) is 40.9 Å². The van der Waals surface area contributed by atoms with E-state index >= 15 is 0 Å². The number of hydrogen-bond donors (Lipinski definition) is 0. The molecule has 0 radical (unpaired) electrons. The first-order valence-corrected chi connectivity index (χ1v) is 6.63. The van der Waals surface area contributed by atoms with Gasteiger partial charge in [-0.05, 0) is 0 Å². The van der Waals surface area contributed by atoms with Crippen LogP contribution in [0.4, 0.5) is 0 Å². The van der Waals surface area contributed by atoms with Gasteiger partial charge < -0.3 is 0 Å². The van der Waals surface area contributed by atoms with Crippen molar-refractivity contribution >= 4 is 25.7 Å². The van der Waals surface area contributed by atoms with E-state index in [-0.39, 0.29) is 20.4 Å². The van der Waals surface area contributed by atoms with Gasteiger partial charge in [0.05, 0.1) is 0 Å². The molecule has 0 heterocycles. The molecule has 0 aliphatic heterocycles. The molecule has 0 fully saturated rings. The Morgan fingerprint density at radius 3 is 2.27 bits per heavy atom. The SMILES string of the molecule is CC(C)(C)/C=C(\C=O)[Se]c1ccccc1. The zero-order valence-electron chi connectivity index (χ0n) is 9.36. The van der Waals surface area contributed by atoms with E-state index in [0.717, 1.165) is 10.8 Å². The van der Waals surface area contributed by atoms with E-state index in [0.29, 0.717) is 0 Å². The Morgan fingerprint density at radius 1 is 1.20 bits per heavy atom. The van der Waals surface area contributed by atoms with Gasteiger partial charge in [-0.25, -0.2) is 0 Å². The van der Waals surface area contributed by atoms with Crippen molar-refractivity contribution in [2.24, 2.45) is 5.41 Å². The second-order valence-electron chi connectivity index (χ2n) is 4.45. The van der Waals surface area contributed by atoms with Gasteiger partial charge >= 0.3 is 97.6 Å². The van der Waals surface area contributed by atoms with Gasteiger partial charge in [0.2, 0.25) is 0 Å². The van der Waals surface area contributed by atoms with Crippen molar-refractivity contribution in [3.05, 3.63) is 40.9 Å². The third-order valence-corrected chi connectivity index (χ3v) is 3.68.